The Hall–Kier alpha value is -1.75. The van der Waals surface area contributed by atoms with E-state index < -0.39 is 12.1 Å². The lowest BCUT2D eigenvalue weighted by Crippen LogP contribution is -2.46. The average molecular weight is 298 g/mol. The van der Waals surface area contributed by atoms with Gasteiger partial charge in [-0.05, 0) is 38.0 Å². The van der Waals surface area contributed by atoms with Crippen molar-refractivity contribution < 1.29 is 9.59 Å². The van der Waals surface area contributed by atoms with Crippen molar-refractivity contribution in [3.05, 3.63) is 28.8 Å². The van der Waals surface area contributed by atoms with Crippen LogP contribution in [0.5, 0.6) is 0 Å². The first-order chi connectivity index (χ1) is 9.43. The van der Waals surface area contributed by atoms with Gasteiger partial charge >= 0.3 is 6.03 Å². The Morgan fingerprint density at radius 2 is 2.05 bits per heavy atom. The maximum Gasteiger partial charge on any atom is 0.319 e. The van der Waals surface area contributed by atoms with Gasteiger partial charge in [0.25, 0.3) is 0 Å². The Morgan fingerprint density at radius 3 is 2.65 bits per heavy atom. The van der Waals surface area contributed by atoms with E-state index in [4.69, 9.17) is 11.6 Å². The summed E-state index contributed by atoms with van der Waals surface area (Å²) in [5.41, 5.74) is 1.52. The van der Waals surface area contributed by atoms with Gasteiger partial charge in [0.05, 0.1) is 10.7 Å². The number of urea groups is 1. The second-order valence-corrected chi connectivity index (χ2v) is 5.00. The molecular weight excluding hydrogens is 278 g/mol. The summed E-state index contributed by atoms with van der Waals surface area (Å²) in [4.78, 5) is 23.4. The minimum Gasteiger partial charge on any atom is -0.354 e. The SMILES string of the molecule is CCCNC(=O)[C@H](C)NC(=O)Nc1ccc(C)cc1Cl. The molecule has 0 fully saturated rings. The van der Waals surface area contributed by atoms with Crippen molar-refractivity contribution in [1.29, 1.82) is 0 Å². The molecule has 110 valence electrons. The summed E-state index contributed by atoms with van der Waals surface area (Å²) in [5, 5.41) is 8.35. The number of carbonyl (C=O) groups is 2. The molecule has 0 aromatic heterocycles. The molecule has 0 aliphatic rings. The van der Waals surface area contributed by atoms with Crippen LogP contribution in [0.2, 0.25) is 5.02 Å². The second-order valence-electron chi connectivity index (χ2n) is 4.59. The number of hydrogen-bond donors (Lipinski definition) is 3. The van der Waals surface area contributed by atoms with Crippen LogP contribution in [0.3, 0.4) is 0 Å². The molecule has 1 rings (SSSR count). The molecule has 1 aromatic carbocycles. The van der Waals surface area contributed by atoms with E-state index in [2.05, 4.69) is 16.0 Å². The van der Waals surface area contributed by atoms with Crippen LogP contribution in [0.4, 0.5) is 10.5 Å². The Morgan fingerprint density at radius 1 is 1.35 bits per heavy atom. The van der Waals surface area contributed by atoms with Crippen LogP contribution in [0.25, 0.3) is 0 Å². The zero-order valence-corrected chi connectivity index (χ0v) is 12.7. The van der Waals surface area contributed by atoms with Gasteiger partial charge in [-0.15, -0.1) is 0 Å². The predicted octanol–water partition coefficient (Wildman–Crippen LogP) is 2.68. The molecule has 0 spiro atoms. The minimum absolute atomic E-state index is 0.211. The standard InChI is InChI=1S/C14H20ClN3O2/c1-4-7-16-13(19)10(3)17-14(20)18-12-6-5-9(2)8-11(12)15/h5-6,8,10H,4,7H2,1-3H3,(H,16,19)(H2,17,18,20)/t10-/m0/s1. The van der Waals surface area contributed by atoms with Gasteiger partial charge in [0.1, 0.15) is 6.04 Å². The molecule has 0 saturated heterocycles. The van der Waals surface area contributed by atoms with Crippen LogP contribution in [0, 0.1) is 6.92 Å². The molecule has 0 bridgehead atoms. The van der Waals surface area contributed by atoms with Gasteiger partial charge in [0, 0.05) is 6.54 Å². The van der Waals surface area contributed by atoms with Gasteiger partial charge in [0.2, 0.25) is 5.91 Å². The second kappa shape index (κ2) is 7.75. The third kappa shape index (κ3) is 5.09. The molecule has 0 aliphatic heterocycles. The van der Waals surface area contributed by atoms with Gasteiger partial charge < -0.3 is 16.0 Å². The van der Waals surface area contributed by atoms with E-state index in [0.29, 0.717) is 17.3 Å². The van der Waals surface area contributed by atoms with Gasteiger partial charge in [-0.1, -0.05) is 24.6 Å². The normalized spacial score (nSPS) is 11.6. The third-order valence-electron chi connectivity index (χ3n) is 2.66. The molecule has 3 amide bonds. The Labute approximate surface area is 124 Å². The van der Waals surface area contributed by atoms with E-state index in [1.165, 1.54) is 0 Å². The largest absolute Gasteiger partial charge is 0.354 e. The van der Waals surface area contributed by atoms with Gasteiger partial charge in [0.15, 0.2) is 0 Å². The highest BCUT2D eigenvalue weighted by Gasteiger charge is 2.15. The average Bonchev–Trinajstić information content (AvgIpc) is 2.39. The molecule has 0 heterocycles. The summed E-state index contributed by atoms with van der Waals surface area (Å²) in [7, 11) is 0. The summed E-state index contributed by atoms with van der Waals surface area (Å²) < 4.78 is 0. The van der Waals surface area contributed by atoms with Gasteiger partial charge in [-0.3, -0.25) is 4.79 Å². The molecule has 3 N–H and O–H groups in total. The molecular formula is C14H20ClN3O2. The Bertz CT molecular complexity index is 491. The highest BCUT2D eigenvalue weighted by Crippen LogP contribution is 2.22. The highest BCUT2D eigenvalue weighted by atomic mass is 35.5. The molecule has 0 aliphatic carbocycles. The molecule has 0 saturated carbocycles. The third-order valence-corrected chi connectivity index (χ3v) is 2.98. The predicted molar refractivity (Wildman–Crippen MR) is 81.1 cm³/mol. The molecule has 20 heavy (non-hydrogen) atoms. The first-order valence-corrected chi connectivity index (χ1v) is 6.93. The summed E-state index contributed by atoms with van der Waals surface area (Å²) >= 11 is 6.02. The summed E-state index contributed by atoms with van der Waals surface area (Å²) in [6, 6.07) is 4.26. The maximum atomic E-state index is 11.8. The topological polar surface area (TPSA) is 70.2 Å². The van der Waals surface area contributed by atoms with Crippen molar-refractivity contribution in [2.45, 2.75) is 33.2 Å². The number of carbonyl (C=O) groups excluding carboxylic acids is 2. The number of nitrogens with one attached hydrogen (secondary N) is 3. The Balaban J connectivity index is 2.52. The van der Waals surface area contributed by atoms with Crippen molar-refractivity contribution in [2.75, 3.05) is 11.9 Å². The van der Waals surface area contributed by atoms with Crippen LogP contribution in [0.15, 0.2) is 18.2 Å². The molecule has 1 aromatic rings. The highest BCUT2D eigenvalue weighted by molar-refractivity contribution is 6.33. The maximum absolute atomic E-state index is 11.8. The van der Waals surface area contributed by atoms with E-state index >= 15 is 0 Å². The van der Waals surface area contributed by atoms with Crippen LogP contribution < -0.4 is 16.0 Å². The smallest absolute Gasteiger partial charge is 0.319 e. The zero-order valence-electron chi connectivity index (χ0n) is 11.9. The number of amides is 3. The number of rotatable bonds is 5. The first kappa shape index (κ1) is 16.3. The van der Waals surface area contributed by atoms with E-state index in [-0.39, 0.29) is 5.91 Å². The van der Waals surface area contributed by atoms with Crippen molar-refractivity contribution in [3.63, 3.8) is 0 Å². The number of aryl methyl sites for hydroxylation is 1. The van der Waals surface area contributed by atoms with Crippen molar-refractivity contribution in [1.82, 2.24) is 10.6 Å². The van der Waals surface area contributed by atoms with Crippen LogP contribution in [0.1, 0.15) is 25.8 Å². The number of anilines is 1. The molecule has 0 unspecified atom stereocenters. The minimum atomic E-state index is -0.606. The van der Waals surface area contributed by atoms with Crippen LogP contribution in [-0.4, -0.2) is 24.5 Å². The summed E-state index contributed by atoms with van der Waals surface area (Å²) in [5.74, 6) is -0.211. The number of benzene rings is 1. The van der Waals surface area contributed by atoms with E-state index in [0.717, 1.165) is 12.0 Å². The fraction of sp³-hybridized carbons (Fsp3) is 0.429. The van der Waals surface area contributed by atoms with E-state index in [1.54, 1.807) is 19.1 Å². The van der Waals surface area contributed by atoms with Gasteiger partial charge in [-0.2, -0.15) is 0 Å². The summed E-state index contributed by atoms with van der Waals surface area (Å²) in [6.45, 7) is 6.10. The number of halogens is 1. The van der Waals surface area contributed by atoms with Crippen LogP contribution >= 0.6 is 11.6 Å². The van der Waals surface area contributed by atoms with E-state index in [9.17, 15) is 9.59 Å². The van der Waals surface area contributed by atoms with Gasteiger partial charge in [-0.25, -0.2) is 4.79 Å². The fourth-order valence-electron chi connectivity index (χ4n) is 1.54. The number of hydrogen-bond acceptors (Lipinski definition) is 2. The van der Waals surface area contributed by atoms with E-state index in [1.807, 2.05) is 19.9 Å². The fourth-order valence-corrected chi connectivity index (χ4v) is 1.83. The van der Waals surface area contributed by atoms with Crippen LogP contribution in [-0.2, 0) is 4.79 Å². The lowest BCUT2D eigenvalue weighted by molar-refractivity contribution is -0.122. The lowest BCUT2D eigenvalue weighted by atomic mass is 10.2. The Kier molecular flexibility index (Phi) is 6.31. The van der Waals surface area contributed by atoms with Crippen molar-refractivity contribution in [2.24, 2.45) is 0 Å². The lowest BCUT2D eigenvalue weighted by Gasteiger charge is -2.15. The quantitative estimate of drug-likeness (QED) is 0.782. The monoisotopic (exact) mass is 297 g/mol. The first-order valence-electron chi connectivity index (χ1n) is 6.55. The molecule has 0 radical (unpaired) electrons. The summed E-state index contributed by atoms with van der Waals surface area (Å²) in [6.07, 6.45) is 0.851. The van der Waals surface area contributed by atoms with Crippen molar-refractivity contribution in [3.8, 4) is 0 Å². The molecule has 5 nitrogen and oxygen atoms in total. The van der Waals surface area contributed by atoms with Crippen molar-refractivity contribution >= 4 is 29.2 Å². The zero-order chi connectivity index (χ0) is 15.1. The molecule has 1 atom stereocenters. The molecule has 6 heteroatoms.